The normalized spacial score (nSPS) is 23.7. The number of carbonyl (C=O) groups excluding carboxylic acids is 2. The van der Waals surface area contributed by atoms with Crippen LogP contribution in [0.1, 0.15) is 57.1 Å². The average molecular weight is 436 g/mol. The smallest absolute Gasteiger partial charge is 0.247 e. The maximum atomic E-state index is 13.5. The minimum Gasteiger partial charge on any atom is -0.351 e. The van der Waals surface area contributed by atoms with Gasteiger partial charge in [-0.15, -0.1) is 0 Å². The van der Waals surface area contributed by atoms with Gasteiger partial charge in [0.15, 0.2) is 0 Å². The fourth-order valence-electron chi connectivity index (χ4n) is 4.64. The molecule has 1 unspecified atom stereocenters. The number of nitrogens with zero attached hydrogens (tertiary/aromatic N) is 2. The van der Waals surface area contributed by atoms with Crippen molar-refractivity contribution in [2.45, 2.75) is 71.4 Å². The monoisotopic (exact) mass is 435 g/mol. The lowest BCUT2D eigenvalue weighted by Gasteiger charge is -2.47. The van der Waals surface area contributed by atoms with Gasteiger partial charge in [-0.05, 0) is 63.3 Å². The van der Waals surface area contributed by atoms with E-state index in [2.05, 4.69) is 5.32 Å². The zero-order chi connectivity index (χ0) is 22.1. The third kappa shape index (κ3) is 4.54. The summed E-state index contributed by atoms with van der Waals surface area (Å²) in [5, 5.41) is 3.09. The molecule has 0 aromatic heterocycles. The maximum absolute atomic E-state index is 13.5. The number of carbonyl (C=O) groups is 2. The lowest BCUT2D eigenvalue weighted by atomic mass is 9.93. The minimum atomic E-state index is -3.61. The van der Waals surface area contributed by atoms with E-state index in [9.17, 15) is 18.0 Å². The van der Waals surface area contributed by atoms with E-state index in [0.29, 0.717) is 12.1 Å². The highest BCUT2D eigenvalue weighted by atomic mass is 32.2. The van der Waals surface area contributed by atoms with Crippen LogP contribution in [-0.4, -0.2) is 55.0 Å². The van der Waals surface area contributed by atoms with Crippen molar-refractivity contribution in [3.63, 3.8) is 0 Å². The van der Waals surface area contributed by atoms with Gasteiger partial charge in [-0.25, -0.2) is 8.42 Å². The van der Waals surface area contributed by atoms with Gasteiger partial charge >= 0.3 is 0 Å². The average Bonchev–Trinajstić information content (AvgIpc) is 3.13. The first-order chi connectivity index (χ1) is 14.1. The van der Waals surface area contributed by atoms with Crippen molar-refractivity contribution in [2.75, 3.05) is 23.7 Å². The summed E-state index contributed by atoms with van der Waals surface area (Å²) in [5.41, 5.74) is 1.28. The Morgan fingerprint density at radius 2 is 1.77 bits per heavy atom. The summed E-state index contributed by atoms with van der Waals surface area (Å²) in [6, 6.07) is 5.84. The number of sulfonamides is 1. The molecule has 1 saturated heterocycles. The number of nitrogens with one attached hydrogen (secondary N) is 1. The van der Waals surface area contributed by atoms with Gasteiger partial charge in [0, 0.05) is 18.3 Å². The summed E-state index contributed by atoms with van der Waals surface area (Å²) >= 11 is 0. The third-order valence-electron chi connectivity index (χ3n) is 6.04. The molecule has 1 saturated carbocycles. The number of benzene rings is 1. The van der Waals surface area contributed by atoms with E-state index in [0.717, 1.165) is 36.8 Å². The van der Waals surface area contributed by atoms with Crippen LogP contribution in [0.3, 0.4) is 0 Å². The second-order valence-electron chi connectivity index (χ2n) is 8.89. The lowest BCUT2D eigenvalue weighted by Crippen LogP contribution is -2.70. The summed E-state index contributed by atoms with van der Waals surface area (Å²) in [6.07, 6.45) is 4.42. The molecule has 1 aliphatic carbocycles. The molecule has 1 N–H and O–H groups in total. The van der Waals surface area contributed by atoms with Gasteiger partial charge in [0.25, 0.3) is 0 Å². The van der Waals surface area contributed by atoms with E-state index >= 15 is 0 Å². The van der Waals surface area contributed by atoms with E-state index in [1.807, 2.05) is 32.0 Å². The zero-order valence-corrected chi connectivity index (χ0v) is 19.2. The Kier molecular flexibility index (Phi) is 6.57. The molecule has 2 fully saturated rings. The summed E-state index contributed by atoms with van der Waals surface area (Å²) < 4.78 is 26.7. The maximum Gasteiger partial charge on any atom is 0.247 e. The first-order valence-electron chi connectivity index (χ1n) is 10.8. The SMILES string of the molecule is CCCS(=O)(=O)N1CC(=O)N(c2cc(C)cc(C)c2)C(C)(C(=O)NC2CCCC2)C1. The largest absolute Gasteiger partial charge is 0.351 e. The summed E-state index contributed by atoms with van der Waals surface area (Å²) in [5.74, 6) is -0.710. The predicted octanol–water partition coefficient (Wildman–Crippen LogP) is 2.51. The van der Waals surface area contributed by atoms with Gasteiger partial charge in [0.1, 0.15) is 5.54 Å². The van der Waals surface area contributed by atoms with Crippen LogP contribution in [0.25, 0.3) is 0 Å². The third-order valence-corrected chi connectivity index (χ3v) is 8.01. The first-order valence-corrected chi connectivity index (χ1v) is 12.4. The van der Waals surface area contributed by atoms with Gasteiger partial charge in [-0.2, -0.15) is 4.31 Å². The molecule has 0 radical (unpaired) electrons. The number of rotatable bonds is 6. The van der Waals surface area contributed by atoms with E-state index in [4.69, 9.17) is 0 Å². The number of piperazine rings is 1. The Labute approximate surface area is 179 Å². The minimum absolute atomic E-state index is 0.0375. The zero-order valence-electron chi connectivity index (χ0n) is 18.4. The van der Waals surface area contributed by atoms with Gasteiger partial charge in [0.2, 0.25) is 21.8 Å². The van der Waals surface area contributed by atoms with Gasteiger partial charge in [-0.1, -0.05) is 25.8 Å². The van der Waals surface area contributed by atoms with Gasteiger partial charge < -0.3 is 5.32 Å². The molecule has 1 heterocycles. The Morgan fingerprint density at radius 3 is 2.33 bits per heavy atom. The molecular weight excluding hydrogens is 402 g/mol. The first kappa shape index (κ1) is 22.7. The molecule has 2 amide bonds. The van der Waals surface area contributed by atoms with Crippen LogP contribution in [0.15, 0.2) is 18.2 Å². The lowest BCUT2D eigenvalue weighted by molar-refractivity contribution is -0.133. The van der Waals surface area contributed by atoms with Gasteiger partial charge in [0.05, 0.1) is 12.3 Å². The van der Waals surface area contributed by atoms with Crippen molar-refractivity contribution < 1.29 is 18.0 Å². The van der Waals surface area contributed by atoms with Crippen molar-refractivity contribution in [3.05, 3.63) is 29.3 Å². The molecule has 3 rings (SSSR count). The standard InChI is InChI=1S/C22H33N3O4S/c1-5-10-30(28,29)24-14-20(26)25(19-12-16(2)11-17(3)13-19)22(4,15-24)21(27)23-18-8-6-7-9-18/h11-13,18H,5-10,14-15H2,1-4H3,(H,23,27). The summed E-state index contributed by atoms with van der Waals surface area (Å²) in [4.78, 5) is 28.3. The van der Waals surface area contributed by atoms with E-state index in [1.54, 1.807) is 13.8 Å². The fraction of sp³-hybridized carbons (Fsp3) is 0.636. The Balaban J connectivity index is 2.02. The molecule has 30 heavy (non-hydrogen) atoms. The number of anilines is 1. The molecular formula is C22H33N3O4S. The molecule has 1 atom stereocenters. The number of hydrogen-bond acceptors (Lipinski definition) is 4. The van der Waals surface area contributed by atoms with E-state index in [-0.39, 0.29) is 36.7 Å². The molecule has 1 aromatic carbocycles. The molecule has 8 heteroatoms. The highest BCUT2D eigenvalue weighted by Gasteiger charge is 2.51. The molecule has 0 bridgehead atoms. The Hall–Kier alpha value is -1.93. The quantitative estimate of drug-likeness (QED) is 0.744. The molecule has 166 valence electrons. The Morgan fingerprint density at radius 1 is 1.17 bits per heavy atom. The highest BCUT2D eigenvalue weighted by Crippen LogP contribution is 2.33. The van der Waals surface area contributed by atoms with Gasteiger partial charge in [-0.3, -0.25) is 14.5 Å². The van der Waals surface area contributed by atoms with Crippen molar-refractivity contribution in [2.24, 2.45) is 0 Å². The van der Waals surface area contributed by atoms with Crippen molar-refractivity contribution in [1.82, 2.24) is 9.62 Å². The van der Waals surface area contributed by atoms with Crippen molar-refractivity contribution in [1.29, 1.82) is 0 Å². The molecule has 1 aromatic rings. The predicted molar refractivity (Wildman–Crippen MR) is 118 cm³/mol. The van der Waals surface area contributed by atoms with Crippen LogP contribution in [0, 0.1) is 13.8 Å². The van der Waals surface area contributed by atoms with Crippen LogP contribution >= 0.6 is 0 Å². The number of aryl methyl sites for hydroxylation is 2. The van der Waals surface area contributed by atoms with Crippen LogP contribution in [0.4, 0.5) is 5.69 Å². The van der Waals surface area contributed by atoms with Crippen LogP contribution < -0.4 is 10.2 Å². The summed E-state index contributed by atoms with van der Waals surface area (Å²) in [7, 11) is -3.61. The molecule has 2 aliphatic rings. The second kappa shape index (κ2) is 8.67. The van der Waals surface area contributed by atoms with E-state index in [1.165, 1.54) is 9.21 Å². The summed E-state index contributed by atoms with van der Waals surface area (Å²) in [6.45, 7) is 7.06. The number of hydrogen-bond donors (Lipinski definition) is 1. The van der Waals surface area contributed by atoms with Crippen LogP contribution in [0.5, 0.6) is 0 Å². The fourth-order valence-corrected chi connectivity index (χ4v) is 6.17. The highest BCUT2D eigenvalue weighted by molar-refractivity contribution is 7.89. The topological polar surface area (TPSA) is 86.8 Å². The van der Waals surface area contributed by atoms with Crippen molar-refractivity contribution >= 4 is 27.5 Å². The number of amides is 2. The van der Waals surface area contributed by atoms with Crippen LogP contribution in [0.2, 0.25) is 0 Å². The molecule has 0 spiro atoms. The Bertz CT molecular complexity index is 904. The van der Waals surface area contributed by atoms with Crippen molar-refractivity contribution in [3.8, 4) is 0 Å². The second-order valence-corrected chi connectivity index (χ2v) is 11.0. The van der Waals surface area contributed by atoms with Crippen LogP contribution in [-0.2, 0) is 19.6 Å². The molecule has 7 nitrogen and oxygen atoms in total. The molecule has 1 aliphatic heterocycles. The van der Waals surface area contributed by atoms with E-state index < -0.39 is 15.6 Å².